The molecular formula is C16H18O4. The van der Waals surface area contributed by atoms with Crippen LogP contribution in [0.5, 0.6) is 0 Å². The quantitative estimate of drug-likeness (QED) is 0.778. The third-order valence-electron chi connectivity index (χ3n) is 3.51. The summed E-state index contributed by atoms with van der Waals surface area (Å²) in [6.45, 7) is 3.76. The SMILES string of the molecule is CC1(C)O[C@H]([C@H]2CC=CC(=O)O2)[C@@H](c2ccccc2)O1. The number of ether oxygens (including phenoxy) is 3. The number of rotatable bonds is 2. The van der Waals surface area contributed by atoms with E-state index in [1.165, 1.54) is 6.08 Å². The highest BCUT2D eigenvalue weighted by Gasteiger charge is 2.47. The summed E-state index contributed by atoms with van der Waals surface area (Å²) in [6.07, 6.45) is 3.11. The topological polar surface area (TPSA) is 44.8 Å². The van der Waals surface area contributed by atoms with Crippen molar-refractivity contribution in [1.29, 1.82) is 0 Å². The van der Waals surface area contributed by atoms with Crippen LogP contribution in [0.2, 0.25) is 0 Å². The second-order valence-electron chi connectivity index (χ2n) is 5.54. The molecular weight excluding hydrogens is 256 g/mol. The van der Waals surface area contributed by atoms with Crippen molar-refractivity contribution in [3.05, 3.63) is 48.0 Å². The van der Waals surface area contributed by atoms with Gasteiger partial charge in [-0.2, -0.15) is 0 Å². The van der Waals surface area contributed by atoms with Crippen molar-refractivity contribution in [2.24, 2.45) is 0 Å². The minimum Gasteiger partial charge on any atom is -0.456 e. The molecule has 1 fully saturated rings. The summed E-state index contributed by atoms with van der Waals surface area (Å²) >= 11 is 0. The van der Waals surface area contributed by atoms with Crippen molar-refractivity contribution in [3.8, 4) is 0 Å². The molecule has 2 aliphatic rings. The fourth-order valence-corrected chi connectivity index (χ4v) is 2.70. The van der Waals surface area contributed by atoms with Crippen molar-refractivity contribution < 1.29 is 19.0 Å². The smallest absolute Gasteiger partial charge is 0.330 e. The Morgan fingerprint density at radius 3 is 2.60 bits per heavy atom. The van der Waals surface area contributed by atoms with Gasteiger partial charge in [0.25, 0.3) is 0 Å². The molecule has 1 aromatic carbocycles. The first-order chi connectivity index (χ1) is 9.55. The Morgan fingerprint density at radius 1 is 1.15 bits per heavy atom. The molecule has 2 heterocycles. The van der Waals surface area contributed by atoms with Crippen LogP contribution in [0, 0.1) is 0 Å². The average Bonchev–Trinajstić information content (AvgIpc) is 2.76. The molecule has 1 saturated heterocycles. The van der Waals surface area contributed by atoms with Gasteiger partial charge in [-0.25, -0.2) is 4.79 Å². The molecule has 20 heavy (non-hydrogen) atoms. The first-order valence-electron chi connectivity index (χ1n) is 6.83. The summed E-state index contributed by atoms with van der Waals surface area (Å²) in [5.74, 6) is -1.000. The minimum atomic E-state index is -0.682. The van der Waals surface area contributed by atoms with Gasteiger partial charge in [-0.1, -0.05) is 36.4 Å². The van der Waals surface area contributed by atoms with Gasteiger partial charge in [-0.05, 0) is 19.4 Å². The third kappa shape index (κ3) is 2.62. The third-order valence-corrected chi connectivity index (χ3v) is 3.51. The fourth-order valence-electron chi connectivity index (χ4n) is 2.70. The van der Waals surface area contributed by atoms with Crippen LogP contribution >= 0.6 is 0 Å². The van der Waals surface area contributed by atoms with Crippen LogP contribution in [0.4, 0.5) is 0 Å². The molecule has 4 heteroatoms. The Kier molecular flexibility index (Phi) is 3.36. The summed E-state index contributed by atoms with van der Waals surface area (Å²) in [7, 11) is 0. The van der Waals surface area contributed by atoms with Gasteiger partial charge >= 0.3 is 5.97 Å². The van der Waals surface area contributed by atoms with Crippen LogP contribution in [0.25, 0.3) is 0 Å². The van der Waals surface area contributed by atoms with E-state index in [0.717, 1.165) is 5.56 Å². The molecule has 1 aromatic rings. The maximum Gasteiger partial charge on any atom is 0.330 e. The average molecular weight is 274 g/mol. The highest BCUT2D eigenvalue weighted by molar-refractivity contribution is 5.82. The predicted molar refractivity (Wildman–Crippen MR) is 72.9 cm³/mol. The summed E-state index contributed by atoms with van der Waals surface area (Å²) < 4.78 is 17.4. The van der Waals surface area contributed by atoms with Crippen molar-refractivity contribution in [2.45, 2.75) is 44.4 Å². The number of cyclic esters (lactones) is 1. The highest BCUT2D eigenvalue weighted by atomic mass is 16.8. The second-order valence-corrected chi connectivity index (χ2v) is 5.54. The molecule has 0 saturated carbocycles. The molecule has 0 N–H and O–H groups in total. The maximum atomic E-state index is 11.4. The Hall–Kier alpha value is -1.65. The molecule has 0 aliphatic carbocycles. The molecule has 3 rings (SSSR count). The van der Waals surface area contributed by atoms with E-state index in [1.54, 1.807) is 0 Å². The van der Waals surface area contributed by atoms with Crippen molar-refractivity contribution in [3.63, 3.8) is 0 Å². The Labute approximate surface area is 118 Å². The van der Waals surface area contributed by atoms with Gasteiger partial charge in [0.05, 0.1) is 0 Å². The van der Waals surface area contributed by atoms with Gasteiger partial charge in [-0.3, -0.25) is 0 Å². The van der Waals surface area contributed by atoms with Crippen LogP contribution in [-0.4, -0.2) is 24.0 Å². The molecule has 2 aliphatic heterocycles. The zero-order valence-corrected chi connectivity index (χ0v) is 11.6. The normalized spacial score (nSPS) is 32.1. The second kappa shape index (κ2) is 5.04. The molecule has 0 amide bonds. The number of carbonyl (C=O) groups is 1. The zero-order chi connectivity index (χ0) is 14.2. The Bertz CT molecular complexity index is 521. The van der Waals surface area contributed by atoms with Crippen LogP contribution < -0.4 is 0 Å². The number of hydrogen-bond acceptors (Lipinski definition) is 4. The van der Waals surface area contributed by atoms with E-state index < -0.39 is 5.79 Å². The van der Waals surface area contributed by atoms with E-state index in [-0.39, 0.29) is 24.3 Å². The molecule has 0 radical (unpaired) electrons. The maximum absolute atomic E-state index is 11.4. The lowest BCUT2D eigenvalue weighted by atomic mass is 9.98. The van der Waals surface area contributed by atoms with E-state index in [9.17, 15) is 4.79 Å². The van der Waals surface area contributed by atoms with Crippen molar-refractivity contribution in [1.82, 2.24) is 0 Å². The van der Waals surface area contributed by atoms with Crippen LogP contribution in [0.15, 0.2) is 42.5 Å². The van der Waals surface area contributed by atoms with Gasteiger partial charge in [0, 0.05) is 12.5 Å². The van der Waals surface area contributed by atoms with Gasteiger partial charge in [0.15, 0.2) is 5.79 Å². The van der Waals surface area contributed by atoms with Gasteiger partial charge in [0.1, 0.15) is 18.3 Å². The van der Waals surface area contributed by atoms with Crippen LogP contribution in [0.3, 0.4) is 0 Å². The summed E-state index contributed by atoms with van der Waals surface area (Å²) in [5.41, 5.74) is 1.04. The van der Waals surface area contributed by atoms with E-state index in [0.29, 0.717) is 6.42 Å². The molecule has 0 spiro atoms. The van der Waals surface area contributed by atoms with E-state index in [1.807, 2.05) is 50.3 Å². The van der Waals surface area contributed by atoms with Gasteiger partial charge in [0.2, 0.25) is 0 Å². The van der Waals surface area contributed by atoms with E-state index >= 15 is 0 Å². The molecule has 0 bridgehead atoms. The lowest BCUT2D eigenvalue weighted by molar-refractivity contribution is -0.168. The number of benzene rings is 1. The largest absolute Gasteiger partial charge is 0.456 e. The summed E-state index contributed by atoms with van der Waals surface area (Å²) in [6, 6.07) is 9.90. The van der Waals surface area contributed by atoms with E-state index in [4.69, 9.17) is 14.2 Å². The zero-order valence-electron chi connectivity index (χ0n) is 11.6. The highest BCUT2D eigenvalue weighted by Crippen LogP contribution is 2.41. The van der Waals surface area contributed by atoms with Crippen LogP contribution in [0.1, 0.15) is 31.9 Å². The standard InChI is InChI=1S/C16H18O4/c1-16(2)19-14(11-7-4-3-5-8-11)15(20-16)12-9-6-10-13(17)18-12/h3-8,10,12,14-15H,9H2,1-2H3/t12-,14-,15-/m1/s1. The lowest BCUT2D eigenvalue weighted by Gasteiger charge is -2.27. The molecule has 106 valence electrons. The van der Waals surface area contributed by atoms with E-state index in [2.05, 4.69) is 0 Å². The van der Waals surface area contributed by atoms with Gasteiger partial charge < -0.3 is 14.2 Å². The predicted octanol–water partition coefficient (Wildman–Crippen LogP) is 2.75. The van der Waals surface area contributed by atoms with Crippen LogP contribution in [-0.2, 0) is 19.0 Å². The molecule has 3 atom stereocenters. The first kappa shape index (κ1) is 13.3. The Morgan fingerprint density at radius 2 is 1.90 bits per heavy atom. The molecule has 0 aromatic heterocycles. The van der Waals surface area contributed by atoms with Gasteiger partial charge in [-0.15, -0.1) is 0 Å². The monoisotopic (exact) mass is 274 g/mol. The minimum absolute atomic E-state index is 0.226. The molecule has 0 unspecified atom stereocenters. The van der Waals surface area contributed by atoms with Crippen molar-refractivity contribution >= 4 is 5.97 Å². The summed E-state index contributed by atoms with van der Waals surface area (Å²) in [4.78, 5) is 11.4. The number of carbonyl (C=O) groups excluding carboxylic acids is 1. The fraction of sp³-hybridized carbons (Fsp3) is 0.438. The first-order valence-corrected chi connectivity index (χ1v) is 6.83. The number of esters is 1. The summed E-state index contributed by atoms with van der Waals surface area (Å²) in [5, 5.41) is 0. The lowest BCUT2D eigenvalue weighted by Crippen LogP contribution is -2.36. The van der Waals surface area contributed by atoms with Crippen molar-refractivity contribution in [2.75, 3.05) is 0 Å². The Balaban J connectivity index is 1.87. The molecule has 4 nitrogen and oxygen atoms in total. The number of hydrogen-bond donors (Lipinski definition) is 0.